The molecule has 0 amide bonds. The first kappa shape index (κ1) is 16.3. The summed E-state index contributed by atoms with van der Waals surface area (Å²) in [5, 5.41) is 9.38. The van der Waals surface area contributed by atoms with Crippen molar-refractivity contribution in [1.29, 1.82) is 0 Å². The van der Waals surface area contributed by atoms with Gasteiger partial charge >= 0.3 is 6.18 Å². The molecule has 0 aliphatic rings. The van der Waals surface area contributed by atoms with Crippen molar-refractivity contribution in [3.8, 4) is 5.75 Å². The van der Waals surface area contributed by atoms with Crippen LogP contribution in [0.25, 0.3) is 0 Å². The number of halogens is 4. The third-order valence-electron chi connectivity index (χ3n) is 3.17. The monoisotopic (exact) mass is 314 g/mol. The van der Waals surface area contributed by atoms with Gasteiger partial charge in [0.1, 0.15) is 11.6 Å². The van der Waals surface area contributed by atoms with Crippen LogP contribution in [0.4, 0.5) is 17.6 Å². The Morgan fingerprint density at radius 1 is 1.05 bits per heavy atom. The molecule has 2 aromatic rings. The number of ether oxygens (including phenoxy) is 1. The van der Waals surface area contributed by atoms with Crippen LogP contribution in [0.2, 0.25) is 0 Å². The number of alkyl halides is 3. The van der Waals surface area contributed by atoms with Gasteiger partial charge in [-0.25, -0.2) is 4.39 Å². The molecule has 0 aliphatic heterocycles. The molecular weight excluding hydrogens is 300 g/mol. The molecule has 0 spiro atoms. The van der Waals surface area contributed by atoms with E-state index in [0.29, 0.717) is 0 Å². The summed E-state index contributed by atoms with van der Waals surface area (Å²) < 4.78 is 57.3. The van der Waals surface area contributed by atoms with Crippen LogP contribution < -0.4 is 4.74 Å². The van der Waals surface area contributed by atoms with E-state index < -0.39 is 30.1 Å². The molecule has 0 radical (unpaired) electrons. The van der Waals surface area contributed by atoms with Crippen LogP contribution in [0.5, 0.6) is 5.75 Å². The van der Waals surface area contributed by atoms with Gasteiger partial charge in [0.05, 0.1) is 18.8 Å². The highest BCUT2D eigenvalue weighted by Crippen LogP contribution is 2.35. The summed E-state index contributed by atoms with van der Waals surface area (Å²) >= 11 is 0. The van der Waals surface area contributed by atoms with Gasteiger partial charge < -0.3 is 9.84 Å². The van der Waals surface area contributed by atoms with Gasteiger partial charge in [-0.05, 0) is 23.8 Å². The Hall–Kier alpha value is -2.08. The van der Waals surface area contributed by atoms with Crippen molar-refractivity contribution < 1.29 is 27.4 Å². The SMILES string of the molecule is OCC(COc1cccc(F)c1)c1ccccc1C(F)(F)F. The summed E-state index contributed by atoms with van der Waals surface area (Å²) in [5.74, 6) is -1.17. The van der Waals surface area contributed by atoms with Gasteiger partial charge in [-0.1, -0.05) is 24.3 Å². The summed E-state index contributed by atoms with van der Waals surface area (Å²) in [4.78, 5) is 0. The largest absolute Gasteiger partial charge is 0.493 e. The second-order valence-electron chi connectivity index (χ2n) is 4.73. The lowest BCUT2D eigenvalue weighted by Crippen LogP contribution is -2.19. The summed E-state index contributed by atoms with van der Waals surface area (Å²) in [7, 11) is 0. The highest BCUT2D eigenvalue weighted by atomic mass is 19.4. The van der Waals surface area contributed by atoms with Crippen molar-refractivity contribution in [2.45, 2.75) is 12.1 Å². The zero-order valence-electron chi connectivity index (χ0n) is 11.5. The molecule has 0 aliphatic carbocycles. The van der Waals surface area contributed by atoms with Crippen molar-refractivity contribution in [3.63, 3.8) is 0 Å². The number of rotatable bonds is 5. The highest BCUT2D eigenvalue weighted by molar-refractivity contribution is 5.33. The minimum atomic E-state index is -4.51. The topological polar surface area (TPSA) is 29.5 Å². The Balaban J connectivity index is 2.19. The molecule has 1 unspecified atom stereocenters. The number of hydrogen-bond donors (Lipinski definition) is 1. The molecule has 1 atom stereocenters. The van der Waals surface area contributed by atoms with Gasteiger partial charge in [-0.3, -0.25) is 0 Å². The van der Waals surface area contributed by atoms with Crippen LogP contribution in [0, 0.1) is 5.82 Å². The number of aliphatic hydroxyl groups is 1. The Labute approximate surface area is 125 Å². The van der Waals surface area contributed by atoms with Crippen LogP contribution in [0.3, 0.4) is 0 Å². The Morgan fingerprint density at radius 2 is 1.77 bits per heavy atom. The van der Waals surface area contributed by atoms with Gasteiger partial charge in [0, 0.05) is 12.0 Å². The number of hydrogen-bond acceptors (Lipinski definition) is 2. The van der Waals surface area contributed by atoms with Crippen molar-refractivity contribution in [1.82, 2.24) is 0 Å². The predicted octanol–water partition coefficient (Wildman–Crippen LogP) is 4.00. The first-order valence-electron chi connectivity index (χ1n) is 6.57. The summed E-state index contributed by atoms with van der Waals surface area (Å²) in [5.41, 5.74) is -0.856. The third kappa shape index (κ3) is 3.98. The molecule has 0 bridgehead atoms. The summed E-state index contributed by atoms with van der Waals surface area (Å²) in [6.07, 6.45) is -4.51. The second-order valence-corrected chi connectivity index (χ2v) is 4.73. The zero-order valence-corrected chi connectivity index (χ0v) is 11.5. The first-order valence-corrected chi connectivity index (χ1v) is 6.57. The quantitative estimate of drug-likeness (QED) is 0.845. The lowest BCUT2D eigenvalue weighted by atomic mass is 9.95. The maximum absolute atomic E-state index is 13.0. The third-order valence-corrected chi connectivity index (χ3v) is 3.17. The Kier molecular flexibility index (Phi) is 5.03. The van der Waals surface area contributed by atoms with Crippen LogP contribution in [0.15, 0.2) is 48.5 Å². The molecule has 6 heteroatoms. The molecule has 0 aromatic heterocycles. The Morgan fingerprint density at radius 3 is 2.41 bits per heavy atom. The van der Waals surface area contributed by atoms with E-state index in [4.69, 9.17) is 4.74 Å². The lowest BCUT2D eigenvalue weighted by Gasteiger charge is -2.20. The van der Waals surface area contributed by atoms with Crippen molar-refractivity contribution in [2.24, 2.45) is 0 Å². The minimum Gasteiger partial charge on any atom is -0.493 e. The average Bonchev–Trinajstić information content (AvgIpc) is 2.47. The number of aliphatic hydroxyl groups excluding tert-OH is 1. The minimum absolute atomic E-state index is 0.0473. The molecule has 2 nitrogen and oxygen atoms in total. The highest BCUT2D eigenvalue weighted by Gasteiger charge is 2.34. The van der Waals surface area contributed by atoms with Crippen LogP contribution in [0.1, 0.15) is 17.0 Å². The van der Waals surface area contributed by atoms with E-state index >= 15 is 0 Å². The molecule has 0 heterocycles. The smallest absolute Gasteiger partial charge is 0.416 e. The molecule has 2 rings (SSSR count). The van der Waals surface area contributed by atoms with E-state index in [-0.39, 0.29) is 17.9 Å². The van der Waals surface area contributed by atoms with Crippen molar-refractivity contribution in [3.05, 3.63) is 65.5 Å². The zero-order chi connectivity index (χ0) is 16.2. The van der Waals surface area contributed by atoms with Crippen LogP contribution >= 0.6 is 0 Å². The fourth-order valence-corrected chi connectivity index (χ4v) is 2.11. The fourth-order valence-electron chi connectivity index (χ4n) is 2.11. The van der Waals surface area contributed by atoms with E-state index in [1.807, 2.05) is 0 Å². The maximum Gasteiger partial charge on any atom is 0.416 e. The summed E-state index contributed by atoms with van der Waals surface area (Å²) in [6.45, 7) is -0.699. The second kappa shape index (κ2) is 6.79. The van der Waals surface area contributed by atoms with Gasteiger partial charge in [-0.2, -0.15) is 13.2 Å². The fraction of sp³-hybridized carbons (Fsp3) is 0.250. The number of benzene rings is 2. The van der Waals surface area contributed by atoms with Gasteiger partial charge in [0.15, 0.2) is 0 Å². The normalized spacial score (nSPS) is 13.0. The lowest BCUT2D eigenvalue weighted by molar-refractivity contribution is -0.138. The van der Waals surface area contributed by atoms with Gasteiger partial charge in [0.2, 0.25) is 0 Å². The van der Waals surface area contributed by atoms with Gasteiger partial charge in [-0.15, -0.1) is 0 Å². The van der Waals surface area contributed by atoms with Crippen molar-refractivity contribution in [2.75, 3.05) is 13.2 Å². The molecule has 22 heavy (non-hydrogen) atoms. The van der Waals surface area contributed by atoms with Gasteiger partial charge in [0.25, 0.3) is 0 Å². The predicted molar refractivity (Wildman–Crippen MR) is 73.2 cm³/mol. The first-order chi connectivity index (χ1) is 10.4. The molecule has 0 saturated heterocycles. The molecule has 0 fully saturated rings. The molecule has 1 N–H and O–H groups in total. The molecule has 2 aromatic carbocycles. The van der Waals surface area contributed by atoms with E-state index in [9.17, 15) is 22.7 Å². The molecular formula is C16H14F4O2. The van der Waals surface area contributed by atoms with Crippen molar-refractivity contribution >= 4 is 0 Å². The van der Waals surface area contributed by atoms with E-state index in [0.717, 1.165) is 12.1 Å². The standard InChI is InChI=1S/C16H14F4O2/c17-12-4-3-5-13(8-12)22-10-11(9-21)14-6-1-2-7-15(14)16(18,19)20/h1-8,11,21H,9-10H2. The average molecular weight is 314 g/mol. The van der Waals surface area contributed by atoms with Crippen LogP contribution in [-0.4, -0.2) is 18.3 Å². The molecule has 0 saturated carbocycles. The van der Waals surface area contributed by atoms with Crippen LogP contribution in [-0.2, 0) is 6.18 Å². The summed E-state index contributed by atoms with van der Waals surface area (Å²) in [6, 6.07) is 10.3. The maximum atomic E-state index is 13.0. The molecule has 118 valence electrons. The van der Waals surface area contributed by atoms with E-state index in [1.54, 1.807) is 0 Å². The van der Waals surface area contributed by atoms with E-state index in [2.05, 4.69) is 0 Å². The Bertz CT molecular complexity index is 626. The van der Waals surface area contributed by atoms with E-state index in [1.165, 1.54) is 36.4 Å².